The Bertz CT molecular complexity index is 1110. The normalized spacial score (nSPS) is 10.9. The Balaban J connectivity index is 1.76. The van der Waals surface area contributed by atoms with E-state index in [9.17, 15) is 9.59 Å². The fraction of sp³-hybridized carbons (Fsp3) is 0.263. The summed E-state index contributed by atoms with van der Waals surface area (Å²) in [6.07, 6.45) is 2.44. The van der Waals surface area contributed by atoms with E-state index in [1.54, 1.807) is 23.1 Å². The number of amides is 1. The highest BCUT2D eigenvalue weighted by Crippen LogP contribution is 2.32. The molecule has 1 aromatic carbocycles. The number of rotatable bonds is 9. The van der Waals surface area contributed by atoms with Gasteiger partial charge < -0.3 is 0 Å². The highest BCUT2D eigenvalue weighted by Gasteiger charge is 2.20. The van der Waals surface area contributed by atoms with Crippen molar-refractivity contribution in [2.45, 2.75) is 25.0 Å². The predicted molar refractivity (Wildman–Crippen MR) is 124 cm³/mol. The summed E-state index contributed by atoms with van der Waals surface area (Å²) in [7, 11) is 0. The number of nitrogens with one attached hydrogen (secondary N) is 1. The molecule has 0 radical (unpaired) electrons. The summed E-state index contributed by atoms with van der Waals surface area (Å²) in [6, 6.07) is 5.27. The van der Waals surface area contributed by atoms with E-state index < -0.39 is 0 Å². The van der Waals surface area contributed by atoms with Crippen LogP contribution in [0.1, 0.15) is 13.3 Å². The van der Waals surface area contributed by atoms with Crippen LogP contribution in [0.25, 0.3) is 11.3 Å². The Labute approximate surface area is 191 Å². The van der Waals surface area contributed by atoms with Gasteiger partial charge in [0.05, 0.1) is 21.5 Å². The van der Waals surface area contributed by atoms with Gasteiger partial charge in [-0.3, -0.25) is 14.3 Å². The minimum atomic E-state index is -0.277. The van der Waals surface area contributed by atoms with Crippen LogP contribution in [-0.4, -0.2) is 38.0 Å². The standard InChI is InChI=1S/C19H19Cl2N5O2S2/c1-3-7-25(16(27)11-30-19-24-23-17(28)26(19)8-4-2)18-22-15(10-29-18)12-5-6-13(20)14(21)9-12/h3,5-6,9-10H,1,4,7-8,11H2,2H3,(H,23,28). The van der Waals surface area contributed by atoms with Crippen molar-refractivity contribution in [3.05, 3.63) is 56.8 Å². The molecule has 7 nitrogen and oxygen atoms in total. The Kier molecular flexibility index (Phi) is 7.76. The lowest BCUT2D eigenvalue weighted by Crippen LogP contribution is -2.32. The summed E-state index contributed by atoms with van der Waals surface area (Å²) >= 11 is 14.6. The van der Waals surface area contributed by atoms with Gasteiger partial charge in [0, 0.05) is 24.0 Å². The minimum absolute atomic E-state index is 0.115. The average molecular weight is 484 g/mol. The summed E-state index contributed by atoms with van der Waals surface area (Å²) in [5.41, 5.74) is 1.24. The van der Waals surface area contributed by atoms with Crippen molar-refractivity contribution < 1.29 is 4.79 Å². The molecule has 0 saturated heterocycles. The molecule has 0 unspecified atom stereocenters. The van der Waals surface area contributed by atoms with Crippen molar-refractivity contribution in [3.8, 4) is 11.3 Å². The second kappa shape index (κ2) is 10.3. The average Bonchev–Trinajstić information content (AvgIpc) is 3.34. The van der Waals surface area contributed by atoms with E-state index in [-0.39, 0.29) is 17.3 Å². The van der Waals surface area contributed by atoms with Crippen LogP contribution in [0.3, 0.4) is 0 Å². The summed E-state index contributed by atoms with van der Waals surface area (Å²) in [5.74, 6) is -0.0442. The first-order chi connectivity index (χ1) is 14.4. The number of hydrogen-bond donors (Lipinski definition) is 1. The Hall–Kier alpha value is -2.07. The lowest BCUT2D eigenvalue weighted by atomic mass is 10.2. The predicted octanol–water partition coefficient (Wildman–Crippen LogP) is 4.72. The highest BCUT2D eigenvalue weighted by atomic mass is 35.5. The molecular formula is C19H19Cl2N5O2S2. The number of carbonyl (C=O) groups excluding carboxylic acids is 1. The van der Waals surface area contributed by atoms with E-state index in [4.69, 9.17) is 23.2 Å². The smallest absolute Gasteiger partial charge is 0.284 e. The third-order valence-electron chi connectivity index (χ3n) is 4.05. The number of aromatic amines is 1. The maximum atomic E-state index is 12.9. The molecule has 2 heterocycles. The summed E-state index contributed by atoms with van der Waals surface area (Å²) in [5, 5.41) is 10.2. The van der Waals surface area contributed by atoms with Crippen molar-refractivity contribution >= 4 is 57.3 Å². The van der Waals surface area contributed by atoms with Crippen LogP contribution < -0.4 is 10.6 Å². The first-order valence-electron chi connectivity index (χ1n) is 9.04. The van der Waals surface area contributed by atoms with Gasteiger partial charge in [-0.05, 0) is 18.6 Å². The summed E-state index contributed by atoms with van der Waals surface area (Å²) in [6.45, 7) is 6.57. The van der Waals surface area contributed by atoms with Crippen LogP contribution in [0.2, 0.25) is 10.0 Å². The fourth-order valence-corrected chi connectivity index (χ4v) is 4.64. The van der Waals surface area contributed by atoms with E-state index in [0.29, 0.717) is 39.1 Å². The van der Waals surface area contributed by atoms with Crippen molar-refractivity contribution in [2.75, 3.05) is 17.2 Å². The van der Waals surface area contributed by atoms with Crippen molar-refractivity contribution in [2.24, 2.45) is 0 Å². The molecule has 3 aromatic rings. The number of H-pyrrole nitrogens is 1. The van der Waals surface area contributed by atoms with Gasteiger partial charge in [0.25, 0.3) is 0 Å². The van der Waals surface area contributed by atoms with Gasteiger partial charge in [-0.15, -0.1) is 23.0 Å². The third kappa shape index (κ3) is 5.15. The number of nitrogens with zero attached hydrogens (tertiary/aromatic N) is 4. The van der Waals surface area contributed by atoms with Gasteiger partial charge in [-0.2, -0.15) is 0 Å². The first kappa shape index (κ1) is 22.6. The van der Waals surface area contributed by atoms with Crippen LogP contribution in [-0.2, 0) is 11.3 Å². The number of benzene rings is 1. The van der Waals surface area contributed by atoms with Gasteiger partial charge in [-0.25, -0.2) is 14.9 Å². The van der Waals surface area contributed by atoms with E-state index >= 15 is 0 Å². The molecule has 1 amide bonds. The number of aromatic nitrogens is 4. The number of thioether (sulfide) groups is 1. The monoisotopic (exact) mass is 483 g/mol. The van der Waals surface area contributed by atoms with Gasteiger partial charge in [0.2, 0.25) is 5.91 Å². The molecule has 0 atom stereocenters. The lowest BCUT2D eigenvalue weighted by Gasteiger charge is -2.17. The lowest BCUT2D eigenvalue weighted by molar-refractivity contribution is -0.116. The maximum Gasteiger partial charge on any atom is 0.343 e. The number of carbonyl (C=O) groups is 1. The molecular weight excluding hydrogens is 465 g/mol. The van der Waals surface area contributed by atoms with Crippen LogP contribution in [0.5, 0.6) is 0 Å². The second-order valence-electron chi connectivity index (χ2n) is 6.19. The zero-order valence-electron chi connectivity index (χ0n) is 16.1. The highest BCUT2D eigenvalue weighted by molar-refractivity contribution is 7.99. The van der Waals surface area contributed by atoms with Crippen molar-refractivity contribution in [3.63, 3.8) is 0 Å². The molecule has 0 aliphatic rings. The largest absolute Gasteiger partial charge is 0.343 e. The third-order valence-corrected chi connectivity index (χ3v) is 6.61. The quantitative estimate of drug-likeness (QED) is 0.351. The van der Waals surface area contributed by atoms with E-state index in [1.165, 1.54) is 27.7 Å². The molecule has 1 N–H and O–H groups in total. The molecule has 3 rings (SSSR count). The van der Waals surface area contributed by atoms with Gasteiger partial charge in [-0.1, -0.05) is 54.0 Å². The number of anilines is 1. The summed E-state index contributed by atoms with van der Waals surface area (Å²) < 4.78 is 1.53. The zero-order valence-corrected chi connectivity index (χ0v) is 19.2. The van der Waals surface area contributed by atoms with E-state index in [1.807, 2.05) is 18.4 Å². The summed E-state index contributed by atoms with van der Waals surface area (Å²) in [4.78, 5) is 30.8. The van der Waals surface area contributed by atoms with Gasteiger partial charge in [0.1, 0.15) is 0 Å². The number of thiazole rings is 1. The molecule has 0 fully saturated rings. The molecule has 0 saturated carbocycles. The van der Waals surface area contributed by atoms with Crippen LogP contribution in [0.4, 0.5) is 5.13 Å². The van der Waals surface area contributed by atoms with Crippen molar-refractivity contribution in [1.29, 1.82) is 0 Å². The Morgan fingerprint density at radius 2 is 2.20 bits per heavy atom. The SMILES string of the molecule is C=CCN(C(=O)CSc1n[nH]c(=O)n1CCC)c1nc(-c2ccc(Cl)c(Cl)c2)cs1. The number of halogens is 2. The number of hydrogen-bond acceptors (Lipinski definition) is 6. The zero-order chi connectivity index (χ0) is 21.7. The molecule has 0 spiro atoms. The molecule has 158 valence electrons. The molecule has 11 heteroatoms. The maximum absolute atomic E-state index is 12.9. The van der Waals surface area contributed by atoms with Crippen LogP contribution in [0.15, 0.2) is 46.2 Å². The van der Waals surface area contributed by atoms with E-state index in [2.05, 4.69) is 21.8 Å². The molecule has 0 aliphatic carbocycles. The Morgan fingerprint density at radius 1 is 1.40 bits per heavy atom. The van der Waals surface area contributed by atoms with Crippen LogP contribution >= 0.6 is 46.3 Å². The second-order valence-corrected chi connectivity index (χ2v) is 8.78. The topological polar surface area (TPSA) is 83.9 Å². The van der Waals surface area contributed by atoms with Gasteiger partial charge in [0.15, 0.2) is 10.3 Å². The van der Waals surface area contributed by atoms with Crippen LogP contribution in [0, 0.1) is 0 Å². The van der Waals surface area contributed by atoms with Crippen molar-refractivity contribution in [1.82, 2.24) is 19.7 Å². The van der Waals surface area contributed by atoms with E-state index in [0.717, 1.165) is 12.0 Å². The Morgan fingerprint density at radius 3 is 2.90 bits per heavy atom. The first-order valence-corrected chi connectivity index (χ1v) is 11.7. The van der Waals surface area contributed by atoms with Gasteiger partial charge >= 0.3 is 5.69 Å². The molecule has 0 aliphatic heterocycles. The molecule has 2 aromatic heterocycles. The molecule has 30 heavy (non-hydrogen) atoms. The minimum Gasteiger partial charge on any atom is -0.284 e. The fourth-order valence-electron chi connectivity index (χ4n) is 2.63. The molecule has 0 bridgehead atoms.